The second-order valence-electron chi connectivity index (χ2n) is 7.66. The van der Waals surface area contributed by atoms with Gasteiger partial charge in [-0.25, -0.2) is 8.42 Å². The first-order valence-electron chi connectivity index (χ1n) is 10.0. The van der Waals surface area contributed by atoms with E-state index in [2.05, 4.69) is 10.0 Å². The molecule has 3 aromatic rings. The molecule has 0 aliphatic heterocycles. The molecule has 9 heteroatoms. The number of carbonyl (C=O) groups is 2. The number of aliphatic carboxylic acids is 1. The minimum atomic E-state index is -3.83. The smallest absolute Gasteiger partial charge is 0.325 e. The monoisotopic (exact) mass is 486 g/mol. The molecule has 0 aliphatic rings. The van der Waals surface area contributed by atoms with E-state index >= 15 is 0 Å². The van der Waals surface area contributed by atoms with E-state index in [0.29, 0.717) is 27.4 Å². The number of carboxylic acid groups (broad SMARTS) is 1. The quantitative estimate of drug-likeness (QED) is 0.450. The van der Waals surface area contributed by atoms with Crippen LogP contribution in [0.2, 0.25) is 5.02 Å². The molecule has 172 valence electrons. The van der Waals surface area contributed by atoms with Crippen LogP contribution in [0.1, 0.15) is 28.4 Å². The minimum absolute atomic E-state index is 0.153. The van der Waals surface area contributed by atoms with E-state index in [0.717, 1.165) is 11.1 Å². The van der Waals surface area contributed by atoms with Gasteiger partial charge in [0, 0.05) is 16.3 Å². The molecule has 0 unspecified atom stereocenters. The fraction of sp³-hybridized carbons (Fsp3) is 0.167. The van der Waals surface area contributed by atoms with Crippen molar-refractivity contribution in [2.45, 2.75) is 31.7 Å². The molecular weight excluding hydrogens is 464 g/mol. The maximum Gasteiger partial charge on any atom is 0.325 e. The van der Waals surface area contributed by atoms with Crippen LogP contribution in [-0.4, -0.2) is 31.4 Å². The normalized spacial score (nSPS) is 12.1. The molecule has 0 radical (unpaired) electrons. The Morgan fingerprint density at radius 1 is 0.939 bits per heavy atom. The minimum Gasteiger partial charge on any atom is -0.480 e. The summed E-state index contributed by atoms with van der Waals surface area (Å²) in [5.74, 6) is -1.62. The highest BCUT2D eigenvalue weighted by Gasteiger charge is 2.19. The number of sulfonamides is 1. The van der Waals surface area contributed by atoms with Gasteiger partial charge < -0.3 is 10.4 Å². The van der Waals surface area contributed by atoms with Crippen LogP contribution in [0.5, 0.6) is 0 Å². The number of benzene rings is 3. The number of anilines is 1. The van der Waals surface area contributed by atoms with Gasteiger partial charge in [0.15, 0.2) is 0 Å². The summed E-state index contributed by atoms with van der Waals surface area (Å²) in [5.41, 5.74) is 3.41. The third-order valence-corrected chi connectivity index (χ3v) is 6.99. The number of rotatable bonds is 7. The molecule has 1 atom stereocenters. The van der Waals surface area contributed by atoms with E-state index in [1.807, 2.05) is 6.07 Å². The van der Waals surface area contributed by atoms with Crippen LogP contribution in [0.4, 0.5) is 5.69 Å². The summed E-state index contributed by atoms with van der Waals surface area (Å²) in [7, 11) is -3.83. The summed E-state index contributed by atoms with van der Waals surface area (Å²) in [6.07, 6.45) is 0. The molecule has 0 saturated carbocycles. The van der Waals surface area contributed by atoms with E-state index in [1.54, 1.807) is 68.4 Å². The van der Waals surface area contributed by atoms with E-state index in [1.165, 1.54) is 6.92 Å². The number of hydrogen-bond acceptors (Lipinski definition) is 4. The fourth-order valence-electron chi connectivity index (χ4n) is 3.17. The molecule has 0 saturated heterocycles. The van der Waals surface area contributed by atoms with Gasteiger partial charge in [-0.2, -0.15) is 0 Å². The summed E-state index contributed by atoms with van der Waals surface area (Å²) in [4.78, 5) is 23.2. The molecule has 3 rings (SSSR count). The van der Waals surface area contributed by atoms with Gasteiger partial charge in [0.25, 0.3) is 15.9 Å². The fourth-order valence-corrected chi connectivity index (χ4v) is 4.75. The zero-order chi connectivity index (χ0) is 24.3. The zero-order valence-corrected chi connectivity index (χ0v) is 19.8. The van der Waals surface area contributed by atoms with Gasteiger partial charge in [-0.15, -0.1) is 0 Å². The highest BCUT2D eigenvalue weighted by atomic mass is 35.5. The van der Waals surface area contributed by atoms with Crippen molar-refractivity contribution in [3.8, 4) is 11.1 Å². The van der Waals surface area contributed by atoms with Crippen molar-refractivity contribution in [1.29, 1.82) is 0 Å². The van der Waals surface area contributed by atoms with Crippen LogP contribution < -0.4 is 10.0 Å². The molecule has 0 aliphatic carbocycles. The number of hydrogen-bond donors (Lipinski definition) is 3. The highest BCUT2D eigenvalue weighted by Crippen LogP contribution is 2.28. The summed E-state index contributed by atoms with van der Waals surface area (Å²) in [6.45, 7) is 4.81. The second kappa shape index (κ2) is 9.64. The summed E-state index contributed by atoms with van der Waals surface area (Å²) in [6, 6.07) is 15.6. The van der Waals surface area contributed by atoms with Crippen molar-refractivity contribution in [2.75, 3.05) is 4.72 Å². The molecule has 33 heavy (non-hydrogen) atoms. The maximum absolute atomic E-state index is 12.9. The molecule has 0 bridgehead atoms. The van der Waals surface area contributed by atoms with Gasteiger partial charge in [-0.3, -0.25) is 14.3 Å². The SMILES string of the molecule is Cc1cc(S(=O)(=O)Nc2cccc(-c3ccc(C(=O)N[C@@H](C)C(=O)O)cc3)c2)c(C)cc1Cl. The lowest BCUT2D eigenvalue weighted by atomic mass is 10.0. The van der Waals surface area contributed by atoms with Crippen LogP contribution in [0.15, 0.2) is 65.6 Å². The van der Waals surface area contributed by atoms with E-state index in [4.69, 9.17) is 16.7 Å². The molecule has 0 spiro atoms. The highest BCUT2D eigenvalue weighted by molar-refractivity contribution is 7.92. The van der Waals surface area contributed by atoms with Crippen LogP contribution in [0.25, 0.3) is 11.1 Å². The van der Waals surface area contributed by atoms with Gasteiger partial charge in [0.05, 0.1) is 4.90 Å². The summed E-state index contributed by atoms with van der Waals surface area (Å²) < 4.78 is 28.5. The number of nitrogens with one attached hydrogen (secondary N) is 2. The van der Waals surface area contributed by atoms with E-state index in [-0.39, 0.29) is 4.90 Å². The van der Waals surface area contributed by atoms with Gasteiger partial charge in [0.1, 0.15) is 6.04 Å². The van der Waals surface area contributed by atoms with Crippen LogP contribution in [-0.2, 0) is 14.8 Å². The van der Waals surface area contributed by atoms with Crippen molar-refractivity contribution in [3.63, 3.8) is 0 Å². The third kappa shape index (κ3) is 5.71. The lowest BCUT2D eigenvalue weighted by Crippen LogP contribution is -2.38. The van der Waals surface area contributed by atoms with Crippen molar-refractivity contribution < 1.29 is 23.1 Å². The van der Waals surface area contributed by atoms with Crippen LogP contribution in [0, 0.1) is 13.8 Å². The van der Waals surface area contributed by atoms with Crippen LogP contribution >= 0.6 is 11.6 Å². The summed E-state index contributed by atoms with van der Waals surface area (Å²) >= 11 is 6.09. The molecule has 3 N–H and O–H groups in total. The number of carbonyl (C=O) groups excluding carboxylic acids is 1. The Morgan fingerprint density at radius 2 is 1.61 bits per heavy atom. The predicted molar refractivity (Wildman–Crippen MR) is 128 cm³/mol. The molecule has 1 amide bonds. The number of carboxylic acids is 1. The predicted octanol–water partition coefficient (Wildman–Crippen LogP) is 4.63. The Hall–Kier alpha value is -3.36. The Morgan fingerprint density at radius 3 is 2.24 bits per heavy atom. The Labute approximate surface area is 197 Å². The van der Waals surface area contributed by atoms with Crippen molar-refractivity contribution >= 4 is 39.2 Å². The van der Waals surface area contributed by atoms with E-state index in [9.17, 15) is 18.0 Å². The third-order valence-electron chi connectivity index (χ3n) is 5.06. The molecule has 3 aromatic carbocycles. The first kappa shape index (κ1) is 24.3. The Bertz CT molecular complexity index is 1320. The summed E-state index contributed by atoms with van der Waals surface area (Å²) in [5, 5.41) is 11.8. The van der Waals surface area contributed by atoms with Crippen molar-refractivity contribution in [2.24, 2.45) is 0 Å². The molecule has 0 fully saturated rings. The molecule has 7 nitrogen and oxygen atoms in total. The maximum atomic E-state index is 12.9. The van der Waals surface area contributed by atoms with Crippen molar-refractivity contribution in [3.05, 3.63) is 82.4 Å². The molecule has 0 aromatic heterocycles. The number of halogens is 1. The van der Waals surface area contributed by atoms with Crippen LogP contribution in [0.3, 0.4) is 0 Å². The number of aryl methyl sites for hydroxylation is 2. The zero-order valence-electron chi connectivity index (χ0n) is 18.2. The topological polar surface area (TPSA) is 113 Å². The average molecular weight is 487 g/mol. The Kier molecular flexibility index (Phi) is 7.09. The Balaban J connectivity index is 1.82. The van der Waals surface area contributed by atoms with Gasteiger partial charge in [0.2, 0.25) is 0 Å². The lowest BCUT2D eigenvalue weighted by Gasteiger charge is -2.13. The van der Waals surface area contributed by atoms with Gasteiger partial charge in [-0.05, 0) is 79.4 Å². The lowest BCUT2D eigenvalue weighted by molar-refractivity contribution is -0.138. The first-order valence-corrected chi connectivity index (χ1v) is 11.9. The van der Waals surface area contributed by atoms with Gasteiger partial charge in [-0.1, -0.05) is 35.9 Å². The molecule has 0 heterocycles. The first-order chi connectivity index (χ1) is 15.5. The number of amides is 1. The standard InChI is InChI=1S/C24H23ClN2O5S/c1-14-12-22(15(2)11-21(14)25)33(31,32)27-20-6-4-5-19(13-20)17-7-9-18(10-8-17)23(28)26-16(3)24(29)30/h4-13,16,27H,1-3H3,(H,26,28)(H,29,30)/t16-/m0/s1. The largest absolute Gasteiger partial charge is 0.480 e. The van der Waals surface area contributed by atoms with E-state index < -0.39 is 27.9 Å². The van der Waals surface area contributed by atoms with Crippen molar-refractivity contribution in [1.82, 2.24) is 5.32 Å². The molecular formula is C24H23ClN2O5S. The van der Waals surface area contributed by atoms with Gasteiger partial charge >= 0.3 is 5.97 Å². The average Bonchev–Trinajstić information content (AvgIpc) is 2.76. The second-order valence-corrected chi connectivity index (χ2v) is 9.72.